The normalized spacial score (nSPS) is 18.6. The molecule has 1 aromatic rings. The molecule has 1 aromatic carbocycles. The molecule has 1 aliphatic rings. The maximum atomic E-state index is 5.95. The number of hydrogen-bond acceptors (Lipinski definition) is 3. The van der Waals surface area contributed by atoms with E-state index in [1.54, 1.807) is 7.11 Å². The van der Waals surface area contributed by atoms with Crippen molar-refractivity contribution >= 4 is 5.69 Å². The second-order valence-electron chi connectivity index (χ2n) is 5.23. The Hall–Kier alpha value is -1.22. The van der Waals surface area contributed by atoms with Crippen LogP contribution in [0.5, 0.6) is 5.75 Å². The molecular weight excluding hydrogens is 224 g/mol. The van der Waals surface area contributed by atoms with Crippen molar-refractivity contribution in [3.05, 3.63) is 23.8 Å². The van der Waals surface area contributed by atoms with Crippen LogP contribution in [0.25, 0.3) is 0 Å². The van der Waals surface area contributed by atoms with Crippen molar-refractivity contribution in [1.82, 2.24) is 4.90 Å². The summed E-state index contributed by atoms with van der Waals surface area (Å²) in [5, 5.41) is 0. The first kappa shape index (κ1) is 13.2. The highest BCUT2D eigenvalue weighted by atomic mass is 16.5. The van der Waals surface area contributed by atoms with E-state index in [0.717, 1.165) is 17.9 Å². The second-order valence-corrected chi connectivity index (χ2v) is 5.23. The fourth-order valence-corrected chi connectivity index (χ4v) is 2.74. The number of benzene rings is 1. The topological polar surface area (TPSA) is 38.5 Å². The molecule has 0 amide bonds. The van der Waals surface area contributed by atoms with Crippen LogP contribution in [-0.4, -0.2) is 31.1 Å². The smallest absolute Gasteiger partial charge is 0.141 e. The third-order valence-corrected chi connectivity index (χ3v) is 3.84. The standard InChI is InChI=1S/C15H24N2O/c1-12(17-8-4-3-5-9-17)10-13-6-7-15(18-2)14(16)11-13/h6-7,11-12H,3-5,8-10,16H2,1-2H3. The summed E-state index contributed by atoms with van der Waals surface area (Å²) in [5.41, 5.74) is 7.98. The van der Waals surface area contributed by atoms with E-state index in [9.17, 15) is 0 Å². The van der Waals surface area contributed by atoms with Crippen molar-refractivity contribution in [2.75, 3.05) is 25.9 Å². The van der Waals surface area contributed by atoms with Crippen LogP contribution in [0.15, 0.2) is 18.2 Å². The maximum absolute atomic E-state index is 5.95. The fourth-order valence-electron chi connectivity index (χ4n) is 2.74. The molecule has 100 valence electrons. The first-order valence-corrected chi connectivity index (χ1v) is 6.87. The Bertz CT molecular complexity index is 386. The average molecular weight is 248 g/mol. The van der Waals surface area contributed by atoms with Gasteiger partial charge in [0.1, 0.15) is 5.75 Å². The highest BCUT2D eigenvalue weighted by Gasteiger charge is 2.17. The van der Waals surface area contributed by atoms with Gasteiger partial charge in [-0.2, -0.15) is 0 Å². The summed E-state index contributed by atoms with van der Waals surface area (Å²) in [4.78, 5) is 2.59. The number of methoxy groups -OCH3 is 1. The number of rotatable bonds is 4. The van der Waals surface area contributed by atoms with Gasteiger partial charge in [-0.05, 0) is 57.0 Å². The minimum atomic E-state index is 0.595. The zero-order valence-electron chi connectivity index (χ0n) is 11.5. The van der Waals surface area contributed by atoms with E-state index in [1.807, 2.05) is 12.1 Å². The molecule has 0 aromatic heterocycles. The van der Waals surface area contributed by atoms with Gasteiger partial charge in [0.2, 0.25) is 0 Å². The second kappa shape index (κ2) is 6.10. The number of anilines is 1. The Labute approximate surface area is 110 Å². The quantitative estimate of drug-likeness (QED) is 0.833. The van der Waals surface area contributed by atoms with Gasteiger partial charge in [-0.15, -0.1) is 0 Å². The molecule has 0 aliphatic carbocycles. The molecule has 1 heterocycles. The lowest BCUT2D eigenvalue weighted by molar-refractivity contribution is 0.173. The van der Waals surface area contributed by atoms with E-state index < -0.39 is 0 Å². The summed E-state index contributed by atoms with van der Waals surface area (Å²) < 4.78 is 5.19. The van der Waals surface area contributed by atoms with Crippen molar-refractivity contribution < 1.29 is 4.74 Å². The van der Waals surface area contributed by atoms with Crippen molar-refractivity contribution in [3.63, 3.8) is 0 Å². The number of nitrogen functional groups attached to an aromatic ring is 1. The molecule has 1 aliphatic heterocycles. The van der Waals surface area contributed by atoms with Crippen LogP contribution in [0.3, 0.4) is 0 Å². The molecule has 1 fully saturated rings. The van der Waals surface area contributed by atoms with Crippen LogP contribution >= 0.6 is 0 Å². The minimum absolute atomic E-state index is 0.595. The van der Waals surface area contributed by atoms with Crippen LogP contribution < -0.4 is 10.5 Å². The lowest BCUT2D eigenvalue weighted by Gasteiger charge is -2.32. The predicted octanol–water partition coefficient (Wildman–Crippen LogP) is 2.69. The summed E-state index contributed by atoms with van der Waals surface area (Å²) in [6.45, 7) is 4.80. The van der Waals surface area contributed by atoms with E-state index in [-0.39, 0.29) is 0 Å². The summed E-state index contributed by atoms with van der Waals surface area (Å²) in [6, 6.07) is 6.72. The Morgan fingerprint density at radius 3 is 2.61 bits per heavy atom. The van der Waals surface area contributed by atoms with Gasteiger partial charge in [0.25, 0.3) is 0 Å². The van der Waals surface area contributed by atoms with E-state index in [2.05, 4.69) is 17.9 Å². The van der Waals surface area contributed by atoms with Gasteiger partial charge in [0.05, 0.1) is 12.8 Å². The van der Waals surface area contributed by atoms with Crippen LogP contribution in [0, 0.1) is 0 Å². The van der Waals surface area contributed by atoms with E-state index in [1.165, 1.54) is 37.9 Å². The van der Waals surface area contributed by atoms with Crippen LogP contribution in [0.4, 0.5) is 5.69 Å². The zero-order chi connectivity index (χ0) is 13.0. The Morgan fingerprint density at radius 1 is 1.28 bits per heavy atom. The third-order valence-electron chi connectivity index (χ3n) is 3.84. The molecule has 0 saturated carbocycles. The number of piperidine rings is 1. The molecule has 1 unspecified atom stereocenters. The van der Waals surface area contributed by atoms with Crippen molar-refractivity contribution in [3.8, 4) is 5.75 Å². The summed E-state index contributed by atoms with van der Waals surface area (Å²) >= 11 is 0. The Balaban J connectivity index is 1.97. The molecule has 1 atom stereocenters. The zero-order valence-corrected chi connectivity index (χ0v) is 11.5. The van der Waals surface area contributed by atoms with Crippen molar-refractivity contribution in [1.29, 1.82) is 0 Å². The summed E-state index contributed by atoms with van der Waals surface area (Å²) in [5.74, 6) is 0.768. The van der Waals surface area contributed by atoms with Gasteiger partial charge >= 0.3 is 0 Å². The first-order valence-electron chi connectivity index (χ1n) is 6.87. The van der Waals surface area contributed by atoms with E-state index in [0.29, 0.717) is 6.04 Å². The Kier molecular flexibility index (Phi) is 4.48. The molecule has 2 N–H and O–H groups in total. The van der Waals surface area contributed by atoms with Gasteiger partial charge in [0, 0.05) is 6.04 Å². The van der Waals surface area contributed by atoms with Crippen molar-refractivity contribution in [2.24, 2.45) is 0 Å². The number of hydrogen-bond donors (Lipinski definition) is 1. The van der Waals surface area contributed by atoms with Gasteiger partial charge in [-0.3, -0.25) is 0 Å². The summed E-state index contributed by atoms with van der Waals surface area (Å²) in [6.07, 6.45) is 5.14. The molecule has 3 nitrogen and oxygen atoms in total. The number of nitrogens with zero attached hydrogens (tertiary/aromatic N) is 1. The average Bonchev–Trinajstić information content (AvgIpc) is 2.40. The van der Waals surface area contributed by atoms with Crippen molar-refractivity contribution in [2.45, 2.75) is 38.6 Å². The van der Waals surface area contributed by atoms with Crippen LogP contribution in [0.2, 0.25) is 0 Å². The largest absolute Gasteiger partial charge is 0.495 e. The number of nitrogens with two attached hydrogens (primary N) is 1. The lowest BCUT2D eigenvalue weighted by Crippen LogP contribution is -2.38. The van der Waals surface area contributed by atoms with Gasteiger partial charge in [-0.1, -0.05) is 12.5 Å². The summed E-state index contributed by atoms with van der Waals surface area (Å²) in [7, 11) is 1.65. The fraction of sp³-hybridized carbons (Fsp3) is 0.600. The number of ether oxygens (including phenoxy) is 1. The molecule has 3 heteroatoms. The minimum Gasteiger partial charge on any atom is -0.495 e. The lowest BCUT2D eigenvalue weighted by atomic mass is 10.0. The number of likely N-dealkylation sites (tertiary alicyclic amines) is 1. The van der Waals surface area contributed by atoms with Crippen LogP contribution in [-0.2, 0) is 6.42 Å². The van der Waals surface area contributed by atoms with E-state index in [4.69, 9.17) is 10.5 Å². The SMILES string of the molecule is COc1ccc(CC(C)N2CCCCC2)cc1N. The molecule has 1 saturated heterocycles. The molecule has 0 bridgehead atoms. The molecule has 2 rings (SSSR count). The first-order chi connectivity index (χ1) is 8.70. The molecule has 0 spiro atoms. The Morgan fingerprint density at radius 2 is 2.00 bits per heavy atom. The van der Waals surface area contributed by atoms with Crippen LogP contribution in [0.1, 0.15) is 31.7 Å². The maximum Gasteiger partial charge on any atom is 0.141 e. The predicted molar refractivity (Wildman–Crippen MR) is 76.0 cm³/mol. The van der Waals surface area contributed by atoms with Gasteiger partial charge in [0.15, 0.2) is 0 Å². The molecule has 18 heavy (non-hydrogen) atoms. The van der Waals surface area contributed by atoms with Gasteiger partial charge < -0.3 is 15.4 Å². The highest BCUT2D eigenvalue weighted by Crippen LogP contribution is 2.23. The highest BCUT2D eigenvalue weighted by molar-refractivity contribution is 5.54. The monoisotopic (exact) mass is 248 g/mol. The third kappa shape index (κ3) is 3.16. The molecule has 0 radical (unpaired) electrons. The molecular formula is C15H24N2O. The van der Waals surface area contributed by atoms with Gasteiger partial charge in [-0.25, -0.2) is 0 Å². The van der Waals surface area contributed by atoms with E-state index >= 15 is 0 Å².